The Bertz CT molecular complexity index is 1490. The zero-order chi connectivity index (χ0) is 30.5. The summed E-state index contributed by atoms with van der Waals surface area (Å²) in [7, 11) is -0.858. The summed E-state index contributed by atoms with van der Waals surface area (Å²) in [6.07, 6.45) is 1.46. The van der Waals surface area contributed by atoms with Gasteiger partial charge in [-0.15, -0.1) is 0 Å². The summed E-state index contributed by atoms with van der Waals surface area (Å²) in [5.74, 6) is -1.52. The van der Waals surface area contributed by atoms with Gasteiger partial charge in [0.05, 0.1) is 34.4 Å². The molecule has 0 aliphatic carbocycles. The molecule has 2 atom stereocenters. The van der Waals surface area contributed by atoms with E-state index < -0.39 is 28.4 Å². The van der Waals surface area contributed by atoms with Crippen LogP contribution in [0.3, 0.4) is 0 Å². The Kier molecular flexibility index (Phi) is 10.4. The van der Waals surface area contributed by atoms with Crippen LogP contribution in [0.15, 0.2) is 53.0 Å². The summed E-state index contributed by atoms with van der Waals surface area (Å²) >= 11 is 3.70. The lowest BCUT2D eigenvalue weighted by Gasteiger charge is -2.29. The van der Waals surface area contributed by atoms with E-state index in [1.807, 2.05) is 35.2 Å². The largest absolute Gasteiger partial charge is 0.383 e. The van der Waals surface area contributed by atoms with Gasteiger partial charge < -0.3 is 10.1 Å². The fourth-order valence-electron chi connectivity index (χ4n) is 5.88. The van der Waals surface area contributed by atoms with Crippen LogP contribution in [0.1, 0.15) is 35.9 Å². The molecule has 0 unspecified atom stereocenters. The van der Waals surface area contributed by atoms with Crippen molar-refractivity contribution in [3.05, 3.63) is 75.9 Å². The van der Waals surface area contributed by atoms with Crippen LogP contribution in [-0.4, -0.2) is 92.4 Å². The molecule has 2 aromatic carbocycles. The van der Waals surface area contributed by atoms with Crippen molar-refractivity contribution in [2.24, 2.45) is 0 Å². The first kappa shape index (κ1) is 31.5. The maximum Gasteiger partial charge on any atom is 0.320 e. The number of amides is 2. The smallest absolute Gasteiger partial charge is 0.320 e. The number of urea groups is 1. The molecule has 3 aromatic rings. The number of para-hydroxylation sites is 1. The van der Waals surface area contributed by atoms with Gasteiger partial charge in [-0.2, -0.15) is 5.10 Å². The Morgan fingerprint density at radius 2 is 1.81 bits per heavy atom. The second-order valence-corrected chi connectivity index (χ2v) is 12.6. The van der Waals surface area contributed by atoms with E-state index in [9.17, 15) is 22.0 Å². The van der Waals surface area contributed by atoms with E-state index in [0.29, 0.717) is 55.2 Å². The van der Waals surface area contributed by atoms with Crippen molar-refractivity contribution >= 4 is 38.5 Å². The molecule has 0 saturated carbocycles. The number of ether oxygens (including phenoxy) is 1. The van der Waals surface area contributed by atoms with Crippen molar-refractivity contribution in [2.75, 3.05) is 57.6 Å². The number of hydrogen-bond donors (Lipinski definition) is 3. The van der Waals surface area contributed by atoms with Crippen molar-refractivity contribution < 1.29 is 26.7 Å². The molecule has 5 rings (SSSR count). The summed E-state index contributed by atoms with van der Waals surface area (Å²) in [6, 6.07) is 12.5. The molecule has 2 aliphatic rings. The SMILES string of the molecule is COCCN1C[C@@H](NC(=O)Nc2c(Br)c(C3CCN(C[SH](=O)=O)CC3)nn2-c2ccccc2)[C@H](c2ccc(F)c(F)c2)C1. The number of methoxy groups -OCH3 is 1. The Labute approximate surface area is 259 Å². The number of aromatic nitrogens is 2. The van der Waals surface area contributed by atoms with Crippen LogP contribution in [0, 0.1) is 11.6 Å². The maximum absolute atomic E-state index is 14.1. The van der Waals surface area contributed by atoms with Gasteiger partial charge in [-0.05, 0) is 71.7 Å². The first-order valence-corrected chi connectivity index (χ1v) is 16.3. The molecule has 2 N–H and O–H groups in total. The van der Waals surface area contributed by atoms with Gasteiger partial charge >= 0.3 is 6.03 Å². The van der Waals surface area contributed by atoms with Crippen LogP contribution in [0.25, 0.3) is 5.69 Å². The fraction of sp³-hybridized carbons (Fsp3) is 0.448. The van der Waals surface area contributed by atoms with E-state index in [-0.39, 0.29) is 23.8 Å². The van der Waals surface area contributed by atoms with Gasteiger partial charge in [0.25, 0.3) is 0 Å². The van der Waals surface area contributed by atoms with E-state index in [2.05, 4.69) is 31.5 Å². The van der Waals surface area contributed by atoms with E-state index in [1.54, 1.807) is 17.9 Å². The summed E-state index contributed by atoms with van der Waals surface area (Å²) in [6.45, 7) is 3.47. The number of nitrogens with one attached hydrogen (secondary N) is 2. The zero-order valence-corrected chi connectivity index (χ0v) is 26.2. The number of carbonyl (C=O) groups is 1. The number of rotatable bonds is 10. The minimum atomic E-state index is -2.48. The fourth-order valence-corrected chi connectivity index (χ4v) is 7.16. The van der Waals surface area contributed by atoms with Crippen LogP contribution >= 0.6 is 15.9 Å². The standard InChI is InChI=1S/C29H35BrF2N6O4S/c1-42-14-13-37-16-22(20-7-8-23(31)24(32)15-20)25(17-37)33-29(39)34-28-26(30)27(35-38(28)21-5-3-2-4-6-21)19-9-11-36(12-10-19)18-43(40)41/h2-8,15,19,22,25,43H,9-14,16-18H2,1H3,(H2,33,34,39)/t22-,25+/m0/s1. The average Bonchev–Trinajstić information content (AvgIpc) is 3.54. The van der Waals surface area contributed by atoms with Gasteiger partial charge in [0, 0.05) is 38.6 Å². The number of anilines is 1. The molecular formula is C29H35BrF2N6O4S. The molecule has 0 radical (unpaired) electrons. The van der Waals surface area contributed by atoms with Crippen LogP contribution in [-0.2, 0) is 15.4 Å². The molecule has 232 valence electrons. The lowest BCUT2D eigenvalue weighted by Crippen LogP contribution is -2.42. The van der Waals surface area contributed by atoms with Gasteiger partial charge in [0.2, 0.25) is 0 Å². The van der Waals surface area contributed by atoms with E-state index >= 15 is 0 Å². The van der Waals surface area contributed by atoms with Gasteiger partial charge in [0.1, 0.15) is 0 Å². The van der Waals surface area contributed by atoms with Crippen molar-refractivity contribution in [1.82, 2.24) is 24.9 Å². The first-order chi connectivity index (χ1) is 20.7. The molecule has 0 bridgehead atoms. The highest BCUT2D eigenvalue weighted by Gasteiger charge is 2.36. The lowest BCUT2D eigenvalue weighted by molar-refractivity contribution is 0.159. The number of piperidine rings is 1. The molecule has 10 nitrogen and oxygen atoms in total. The Balaban J connectivity index is 1.37. The lowest BCUT2D eigenvalue weighted by atomic mass is 9.94. The maximum atomic E-state index is 14.1. The molecule has 2 fully saturated rings. The van der Waals surface area contributed by atoms with Crippen LogP contribution in [0.4, 0.5) is 19.4 Å². The first-order valence-electron chi connectivity index (χ1n) is 14.1. The number of carbonyl (C=O) groups excluding carboxylic acids is 1. The normalized spacial score (nSPS) is 20.1. The topological polar surface area (TPSA) is 109 Å². The van der Waals surface area contributed by atoms with Gasteiger partial charge in [-0.3, -0.25) is 15.1 Å². The van der Waals surface area contributed by atoms with Crippen molar-refractivity contribution in [3.63, 3.8) is 0 Å². The van der Waals surface area contributed by atoms with E-state index in [0.717, 1.165) is 30.3 Å². The van der Waals surface area contributed by atoms with Gasteiger partial charge in [-0.25, -0.2) is 26.7 Å². The summed E-state index contributed by atoms with van der Waals surface area (Å²) in [5.41, 5.74) is 2.16. The molecule has 3 heterocycles. The second kappa shape index (κ2) is 14.2. The predicted molar refractivity (Wildman–Crippen MR) is 163 cm³/mol. The molecule has 2 saturated heterocycles. The van der Waals surface area contributed by atoms with E-state index in [1.165, 1.54) is 6.07 Å². The minimum Gasteiger partial charge on any atom is -0.383 e. The Morgan fingerprint density at radius 1 is 1.07 bits per heavy atom. The molecule has 43 heavy (non-hydrogen) atoms. The highest BCUT2D eigenvalue weighted by atomic mass is 79.9. The number of likely N-dealkylation sites (tertiary alicyclic amines) is 2. The molecule has 2 aliphatic heterocycles. The third-order valence-electron chi connectivity index (χ3n) is 8.07. The number of nitrogens with zero attached hydrogens (tertiary/aromatic N) is 4. The third-order valence-corrected chi connectivity index (χ3v) is 9.48. The number of benzene rings is 2. The van der Waals surface area contributed by atoms with Crippen molar-refractivity contribution in [1.29, 1.82) is 0 Å². The van der Waals surface area contributed by atoms with Crippen LogP contribution in [0.5, 0.6) is 0 Å². The molecule has 1 aromatic heterocycles. The minimum absolute atomic E-state index is 0.0459. The number of hydrogen-bond acceptors (Lipinski definition) is 7. The molecule has 2 amide bonds. The highest BCUT2D eigenvalue weighted by molar-refractivity contribution is 9.10. The van der Waals surface area contributed by atoms with Gasteiger partial charge in [0.15, 0.2) is 28.2 Å². The molecule has 14 heteroatoms. The third kappa shape index (κ3) is 7.60. The molecule has 0 spiro atoms. The summed E-state index contributed by atoms with van der Waals surface area (Å²) in [4.78, 5) is 17.6. The summed E-state index contributed by atoms with van der Waals surface area (Å²) < 4.78 is 57.8. The summed E-state index contributed by atoms with van der Waals surface area (Å²) in [5, 5.41) is 10.9. The monoisotopic (exact) mass is 680 g/mol. The number of thiol groups is 1. The molecular weight excluding hydrogens is 646 g/mol. The Hall–Kier alpha value is -2.91. The Morgan fingerprint density at radius 3 is 2.49 bits per heavy atom. The van der Waals surface area contributed by atoms with Crippen LogP contribution < -0.4 is 10.6 Å². The predicted octanol–water partition coefficient (Wildman–Crippen LogP) is 3.90. The van der Waals surface area contributed by atoms with Crippen molar-refractivity contribution in [2.45, 2.75) is 30.7 Å². The number of halogens is 3. The van der Waals surface area contributed by atoms with Gasteiger partial charge in [-0.1, -0.05) is 24.3 Å². The quantitative estimate of drug-likeness (QED) is 0.279. The van der Waals surface area contributed by atoms with Crippen LogP contribution in [0.2, 0.25) is 0 Å². The second-order valence-electron chi connectivity index (χ2n) is 10.9. The van der Waals surface area contributed by atoms with E-state index in [4.69, 9.17) is 9.84 Å². The highest BCUT2D eigenvalue weighted by Crippen LogP contribution is 2.38. The van der Waals surface area contributed by atoms with Crippen molar-refractivity contribution in [3.8, 4) is 5.69 Å². The zero-order valence-electron chi connectivity index (χ0n) is 23.7. The average molecular weight is 682 g/mol.